The van der Waals surface area contributed by atoms with E-state index in [0.29, 0.717) is 0 Å². The number of carbonyl (C=O) groups is 1. The first-order chi connectivity index (χ1) is 17.1. The molecule has 36 heavy (non-hydrogen) atoms. The molecule has 2 aliphatic heterocycles. The Balaban J connectivity index is 1.31. The number of hydrogen-bond donors (Lipinski definition) is 0. The van der Waals surface area contributed by atoms with Crippen molar-refractivity contribution in [2.24, 2.45) is 5.41 Å². The highest BCUT2D eigenvalue weighted by Gasteiger charge is 2.64. The van der Waals surface area contributed by atoms with Crippen molar-refractivity contribution in [2.45, 2.75) is 37.1 Å². The van der Waals surface area contributed by atoms with Crippen molar-refractivity contribution in [2.75, 3.05) is 33.6 Å². The van der Waals surface area contributed by atoms with Gasteiger partial charge in [-0.1, -0.05) is 12.1 Å². The average Bonchev–Trinajstić information content (AvgIpc) is 3.55. The minimum atomic E-state index is -4.37. The summed E-state index contributed by atoms with van der Waals surface area (Å²) in [6, 6.07) is 6.52. The van der Waals surface area contributed by atoms with Crippen LogP contribution in [0.15, 0.2) is 30.3 Å². The van der Waals surface area contributed by atoms with Crippen molar-refractivity contribution in [3.8, 4) is 11.6 Å². The maximum absolute atomic E-state index is 14.6. The molecule has 12 heteroatoms. The Morgan fingerprint density at radius 1 is 1.19 bits per heavy atom. The molecule has 194 valence electrons. The second-order valence-electron chi connectivity index (χ2n) is 9.18. The molecule has 0 radical (unpaired) electrons. The number of piperidine rings is 1. The van der Waals surface area contributed by atoms with Gasteiger partial charge in [0.25, 0.3) is 11.8 Å². The molecular formula is C24H23F5N2O5. The quantitative estimate of drug-likeness (QED) is 0.539. The summed E-state index contributed by atoms with van der Waals surface area (Å²) >= 11 is 0. The fraction of sp³-hybridized carbons (Fsp3) is 0.500. The second kappa shape index (κ2) is 8.84. The van der Waals surface area contributed by atoms with Crippen LogP contribution in [0.2, 0.25) is 0 Å². The van der Waals surface area contributed by atoms with E-state index in [0.717, 1.165) is 6.07 Å². The average molecular weight is 514 g/mol. The summed E-state index contributed by atoms with van der Waals surface area (Å²) in [4.78, 5) is 18.8. The monoisotopic (exact) mass is 514 g/mol. The number of aromatic nitrogens is 1. The van der Waals surface area contributed by atoms with Gasteiger partial charge in [-0.3, -0.25) is 4.79 Å². The van der Waals surface area contributed by atoms with Crippen molar-refractivity contribution >= 4 is 5.91 Å². The zero-order chi connectivity index (χ0) is 25.7. The summed E-state index contributed by atoms with van der Waals surface area (Å²) in [5, 5.41) is 0. The van der Waals surface area contributed by atoms with Crippen molar-refractivity contribution in [3.05, 3.63) is 53.2 Å². The molecule has 2 atom stereocenters. The molecular weight excluding hydrogens is 491 g/mol. The van der Waals surface area contributed by atoms with Gasteiger partial charge in [0.2, 0.25) is 0 Å². The molecule has 3 fully saturated rings. The van der Waals surface area contributed by atoms with Gasteiger partial charge in [0.05, 0.1) is 13.7 Å². The Hall–Kier alpha value is -2.99. The van der Waals surface area contributed by atoms with Crippen molar-refractivity contribution < 1.29 is 45.7 Å². The van der Waals surface area contributed by atoms with Crippen molar-refractivity contribution in [3.63, 3.8) is 0 Å². The molecule has 1 aromatic heterocycles. The fourth-order valence-electron chi connectivity index (χ4n) is 4.72. The van der Waals surface area contributed by atoms with Gasteiger partial charge in [-0.25, -0.2) is 13.8 Å². The number of carbonyl (C=O) groups excluding carboxylic acids is 1. The highest BCUT2D eigenvalue weighted by molar-refractivity contribution is 5.92. The molecule has 1 unspecified atom stereocenters. The van der Waals surface area contributed by atoms with E-state index in [-0.39, 0.29) is 62.0 Å². The zero-order valence-electron chi connectivity index (χ0n) is 19.2. The van der Waals surface area contributed by atoms with E-state index in [2.05, 4.69) is 4.98 Å². The lowest BCUT2D eigenvalue weighted by Gasteiger charge is -2.41. The molecule has 3 heterocycles. The molecule has 2 aromatic rings. The van der Waals surface area contributed by atoms with Gasteiger partial charge in [-0.05, 0) is 31.0 Å². The summed E-state index contributed by atoms with van der Waals surface area (Å²) in [5.41, 5.74) is -3.08. The minimum absolute atomic E-state index is 0.00339. The third-order valence-electron chi connectivity index (χ3n) is 7.14. The van der Waals surface area contributed by atoms with Crippen LogP contribution in [0.1, 0.15) is 35.3 Å². The number of ether oxygens (including phenoxy) is 4. The van der Waals surface area contributed by atoms with Gasteiger partial charge >= 0.3 is 6.18 Å². The molecule has 1 amide bonds. The number of rotatable bonds is 6. The summed E-state index contributed by atoms with van der Waals surface area (Å²) in [5.74, 6) is -2.63. The first-order valence-corrected chi connectivity index (χ1v) is 11.3. The number of pyridine rings is 1. The lowest BCUT2D eigenvalue weighted by molar-refractivity contribution is -0.194. The van der Waals surface area contributed by atoms with Crippen LogP contribution in [0.4, 0.5) is 22.0 Å². The van der Waals surface area contributed by atoms with Gasteiger partial charge < -0.3 is 23.8 Å². The van der Waals surface area contributed by atoms with Crippen LogP contribution in [0.5, 0.6) is 11.6 Å². The number of hydrogen-bond acceptors (Lipinski definition) is 6. The summed E-state index contributed by atoms with van der Waals surface area (Å²) < 4.78 is 89.9. The second-order valence-corrected chi connectivity index (χ2v) is 9.18. The predicted molar refractivity (Wildman–Crippen MR) is 113 cm³/mol. The van der Waals surface area contributed by atoms with Gasteiger partial charge in [-0.15, -0.1) is 0 Å². The van der Waals surface area contributed by atoms with E-state index in [1.54, 1.807) is 0 Å². The molecule has 0 N–H and O–H groups in total. The zero-order valence-corrected chi connectivity index (χ0v) is 19.2. The molecule has 1 saturated carbocycles. The molecule has 0 bridgehead atoms. The molecule has 5 rings (SSSR count). The minimum Gasteiger partial charge on any atom is -0.487 e. The maximum Gasteiger partial charge on any atom is 0.397 e. The van der Waals surface area contributed by atoms with Gasteiger partial charge in [-0.2, -0.15) is 13.2 Å². The van der Waals surface area contributed by atoms with E-state index < -0.39 is 47.4 Å². The molecule has 1 aliphatic carbocycles. The SMILES string of the molecule is COc1nc(C(=O)N2CC[C@]3(c4cccc(F)c4F)OCOC3C2)ccc1OCC1(C(F)(F)F)CC1. The van der Waals surface area contributed by atoms with Gasteiger partial charge in [0, 0.05) is 18.5 Å². The Bertz CT molecular complexity index is 1170. The van der Waals surface area contributed by atoms with E-state index in [1.807, 2.05) is 0 Å². The van der Waals surface area contributed by atoms with Crippen LogP contribution >= 0.6 is 0 Å². The Morgan fingerprint density at radius 3 is 2.67 bits per heavy atom. The van der Waals surface area contributed by atoms with Crippen LogP contribution in [-0.4, -0.2) is 61.7 Å². The van der Waals surface area contributed by atoms with Crippen LogP contribution in [0, 0.1) is 17.0 Å². The lowest BCUT2D eigenvalue weighted by atomic mass is 9.81. The highest BCUT2D eigenvalue weighted by atomic mass is 19.4. The predicted octanol–water partition coefficient (Wildman–Crippen LogP) is 4.20. The smallest absolute Gasteiger partial charge is 0.397 e. The largest absolute Gasteiger partial charge is 0.487 e. The maximum atomic E-state index is 14.6. The molecule has 1 aromatic carbocycles. The first-order valence-electron chi connectivity index (χ1n) is 11.3. The van der Waals surface area contributed by atoms with Crippen molar-refractivity contribution in [1.82, 2.24) is 9.88 Å². The van der Waals surface area contributed by atoms with Gasteiger partial charge in [0.15, 0.2) is 17.4 Å². The summed E-state index contributed by atoms with van der Waals surface area (Å²) in [6.07, 6.45) is -4.97. The third-order valence-corrected chi connectivity index (χ3v) is 7.14. The number of methoxy groups -OCH3 is 1. The number of benzene rings is 1. The molecule has 0 spiro atoms. The normalized spacial score (nSPS) is 24.8. The molecule has 7 nitrogen and oxygen atoms in total. The Kier molecular flexibility index (Phi) is 6.06. The number of amides is 1. The van der Waals surface area contributed by atoms with Crippen LogP contribution in [0.25, 0.3) is 0 Å². The Labute approximate surface area is 203 Å². The Morgan fingerprint density at radius 2 is 1.97 bits per heavy atom. The molecule has 3 aliphatic rings. The first kappa shape index (κ1) is 24.7. The number of alkyl halides is 3. The van der Waals surface area contributed by atoms with Crippen LogP contribution in [-0.2, 0) is 15.1 Å². The molecule has 2 saturated heterocycles. The standard InChI is InChI=1S/C24H23F5N2O5/c1-33-20-17(34-12-22(7-8-22)24(27,28)29)6-5-16(30-20)21(32)31-10-9-23(18(11-31)35-13-36-23)14-3-2-4-15(25)19(14)26/h2-6,18H,7-13H2,1H3/t18?,23-/m1/s1. The third kappa shape index (κ3) is 4.05. The summed E-state index contributed by atoms with van der Waals surface area (Å²) in [6.45, 7) is -0.526. The van der Waals surface area contributed by atoms with Crippen LogP contribution in [0.3, 0.4) is 0 Å². The van der Waals surface area contributed by atoms with Crippen molar-refractivity contribution in [1.29, 1.82) is 0 Å². The topological polar surface area (TPSA) is 70.1 Å². The van der Waals surface area contributed by atoms with E-state index in [4.69, 9.17) is 18.9 Å². The lowest BCUT2D eigenvalue weighted by Crippen LogP contribution is -2.54. The van der Waals surface area contributed by atoms with E-state index in [9.17, 15) is 26.7 Å². The highest BCUT2D eigenvalue weighted by Crippen LogP contribution is 2.57. The van der Waals surface area contributed by atoms with Gasteiger partial charge in [0.1, 0.15) is 36.2 Å². The fourth-order valence-corrected chi connectivity index (χ4v) is 4.72. The number of fused-ring (bicyclic) bond motifs is 1. The summed E-state index contributed by atoms with van der Waals surface area (Å²) in [7, 11) is 1.27. The van der Waals surface area contributed by atoms with Crippen LogP contribution < -0.4 is 9.47 Å². The van der Waals surface area contributed by atoms with E-state index in [1.165, 1.54) is 36.3 Å². The number of nitrogens with zero attached hydrogens (tertiary/aromatic N) is 2. The van der Waals surface area contributed by atoms with E-state index >= 15 is 0 Å². The number of likely N-dealkylation sites (tertiary alicyclic amines) is 1. The number of halogens is 5.